The highest BCUT2D eigenvalue weighted by Gasteiger charge is 1.95. The average molecular weight is 284 g/mol. The zero-order valence-electron chi connectivity index (χ0n) is 13.1. The normalized spacial score (nSPS) is 9.74. The monoisotopic (exact) mass is 283 g/mol. The molecule has 0 aliphatic carbocycles. The van der Waals surface area contributed by atoms with Crippen molar-refractivity contribution in [1.29, 1.82) is 0 Å². The topological polar surface area (TPSA) is 12.0 Å². The number of rotatable bonds is 7. The minimum Gasteiger partial charge on any atom is -0.387 e. The van der Waals surface area contributed by atoms with Gasteiger partial charge in [-0.1, -0.05) is 76.5 Å². The third kappa shape index (κ3) is 9.84. The fourth-order valence-corrected chi connectivity index (χ4v) is 2.18. The Balaban J connectivity index is 0.000000344. The van der Waals surface area contributed by atoms with Crippen LogP contribution in [0.1, 0.15) is 64.4 Å². The fourth-order valence-electron chi connectivity index (χ4n) is 1.85. The highest BCUT2D eigenvalue weighted by Crippen LogP contribution is 2.21. The number of halogens is 1. The van der Waals surface area contributed by atoms with Crippen LogP contribution in [-0.2, 0) is 0 Å². The molecule has 0 fully saturated rings. The Morgan fingerprint density at radius 1 is 0.947 bits per heavy atom. The van der Waals surface area contributed by atoms with Gasteiger partial charge in [0.2, 0.25) is 0 Å². The van der Waals surface area contributed by atoms with Crippen LogP contribution in [-0.4, -0.2) is 7.05 Å². The van der Waals surface area contributed by atoms with Crippen LogP contribution >= 0.6 is 11.6 Å². The number of hydrogen-bond acceptors (Lipinski definition) is 1. The molecule has 110 valence electrons. The summed E-state index contributed by atoms with van der Waals surface area (Å²) in [6.07, 6.45) is 9.97. The fraction of sp³-hybridized carbons (Fsp3) is 0.647. The number of aryl methyl sites for hydroxylation is 1. The van der Waals surface area contributed by atoms with Crippen LogP contribution in [0.4, 0.5) is 5.69 Å². The molecule has 0 unspecified atom stereocenters. The molecule has 1 aromatic rings. The first-order valence-corrected chi connectivity index (χ1v) is 7.97. The lowest BCUT2D eigenvalue weighted by Crippen LogP contribution is -1.88. The lowest BCUT2D eigenvalue weighted by atomic mass is 10.1. The zero-order valence-corrected chi connectivity index (χ0v) is 13.8. The second kappa shape index (κ2) is 12.3. The molecule has 0 aliphatic heterocycles. The summed E-state index contributed by atoms with van der Waals surface area (Å²) in [4.78, 5) is 0. The summed E-state index contributed by atoms with van der Waals surface area (Å²) in [5, 5.41) is 3.77. The number of nitrogens with one attached hydrogen (secondary N) is 1. The quantitative estimate of drug-likeness (QED) is 0.567. The minimum absolute atomic E-state index is 0.780. The molecule has 1 N–H and O–H groups in total. The summed E-state index contributed by atoms with van der Waals surface area (Å²) in [7, 11) is 1.86. The molecule has 0 spiro atoms. The van der Waals surface area contributed by atoms with Gasteiger partial charge in [0.25, 0.3) is 0 Å². The van der Waals surface area contributed by atoms with E-state index in [2.05, 4.69) is 19.2 Å². The van der Waals surface area contributed by atoms with E-state index in [9.17, 15) is 0 Å². The lowest BCUT2D eigenvalue weighted by Gasteiger charge is -2.02. The first kappa shape index (κ1) is 18.3. The Kier molecular flexibility index (Phi) is 11.9. The molecule has 0 aliphatic rings. The van der Waals surface area contributed by atoms with Crippen molar-refractivity contribution >= 4 is 17.3 Å². The molecular formula is C17H30ClN. The number of hydrogen-bond donors (Lipinski definition) is 1. The SMILES string of the molecule is CCCCCCCCC.CNc1ccc(C)cc1Cl. The molecule has 0 saturated carbocycles. The third-order valence-corrected chi connectivity index (χ3v) is 3.41. The molecule has 0 amide bonds. The van der Waals surface area contributed by atoms with Crippen molar-refractivity contribution in [2.45, 2.75) is 65.7 Å². The molecule has 0 saturated heterocycles. The summed E-state index contributed by atoms with van der Waals surface area (Å²) in [6.45, 7) is 6.55. The largest absolute Gasteiger partial charge is 0.387 e. The zero-order chi connectivity index (χ0) is 14.5. The van der Waals surface area contributed by atoms with Crippen molar-refractivity contribution < 1.29 is 0 Å². The van der Waals surface area contributed by atoms with Crippen LogP contribution in [0.25, 0.3) is 0 Å². The summed E-state index contributed by atoms with van der Waals surface area (Å²) in [5.74, 6) is 0. The van der Waals surface area contributed by atoms with Crippen LogP contribution in [0, 0.1) is 6.92 Å². The van der Waals surface area contributed by atoms with Crippen LogP contribution < -0.4 is 5.32 Å². The average Bonchev–Trinajstić information content (AvgIpc) is 2.40. The Labute approximate surface area is 124 Å². The molecule has 19 heavy (non-hydrogen) atoms. The molecule has 1 aromatic carbocycles. The second-order valence-corrected chi connectivity index (χ2v) is 5.41. The van der Waals surface area contributed by atoms with Gasteiger partial charge in [-0.3, -0.25) is 0 Å². The summed E-state index contributed by atoms with van der Waals surface area (Å²) in [6, 6.07) is 5.93. The molecule has 0 aromatic heterocycles. The first-order valence-electron chi connectivity index (χ1n) is 7.59. The molecule has 1 nitrogen and oxygen atoms in total. The van der Waals surface area contributed by atoms with Crippen LogP contribution in [0.3, 0.4) is 0 Å². The Hall–Kier alpha value is -0.690. The van der Waals surface area contributed by atoms with Gasteiger partial charge in [0.05, 0.1) is 10.7 Å². The van der Waals surface area contributed by atoms with Gasteiger partial charge in [0.15, 0.2) is 0 Å². The minimum atomic E-state index is 0.780. The van der Waals surface area contributed by atoms with Gasteiger partial charge in [0.1, 0.15) is 0 Å². The smallest absolute Gasteiger partial charge is 0.0640 e. The van der Waals surface area contributed by atoms with Gasteiger partial charge >= 0.3 is 0 Å². The van der Waals surface area contributed by atoms with Gasteiger partial charge in [-0.05, 0) is 24.6 Å². The van der Waals surface area contributed by atoms with Crippen molar-refractivity contribution in [2.24, 2.45) is 0 Å². The highest BCUT2D eigenvalue weighted by atomic mass is 35.5. The van der Waals surface area contributed by atoms with Crippen molar-refractivity contribution in [2.75, 3.05) is 12.4 Å². The van der Waals surface area contributed by atoms with E-state index in [0.717, 1.165) is 10.7 Å². The van der Waals surface area contributed by atoms with E-state index in [1.54, 1.807) is 0 Å². The van der Waals surface area contributed by atoms with E-state index >= 15 is 0 Å². The third-order valence-electron chi connectivity index (χ3n) is 3.10. The van der Waals surface area contributed by atoms with E-state index in [4.69, 9.17) is 11.6 Å². The maximum absolute atomic E-state index is 5.87. The molecule has 2 heteroatoms. The van der Waals surface area contributed by atoms with Crippen molar-refractivity contribution in [3.8, 4) is 0 Å². The van der Waals surface area contributed by atoms with Crippen LogP contribution in [0.2, 0.25) is 5.02 Å². The van der Waals surface area contributed by atoms with Gasteiger partial charge in [-0.15, -0.1) is 0 Å². The predicted molar refractivity (Wildman–Crippen MR) is 89.4 cm³/mol. The lowest BCUT2D eigenvalue weighted by molar-refractivity contribution is 0.602. The second-order valence-electron chi connectivity index (χ2n) is 5.00. The summed E-state index contributed by atoms with van der Waals surface area (Å²) < 4.78 is 0. The van der Waals surface area contributed by atoms with E-state index in [1.807, 2.05) is 32.2 Å². The molecule has 0 heterocycles. The first-order chi connectivity index (χ1) is 9.15. The van der Waals surface area contributed by atoms with Crippen LogP contribution in [0.15, 0.2) is 18.2 Å². The molecule has 0 radical (unpaired) electrons. The number of anilines is 1. The van der Waals surface area contributed by atoms with Crippen LogP contribution in [0.5, 0.6) is 0 Å². The molecule has 0 bridgehead atoms. The Morgan fingerprint density at radius 3 is 1.89 bits per heavy atom. The van der Waals surface area contributed by atoms with E-state index in [0.29, 0.717) is 0 Å². The number of unbranched alkanes of at least 4 members (excludes halogenated alkanes) is 6. The van der Waals surface area contributed by atoms with E-state index in [-0.39, 0.29) is 0 Å². The Morgan fingerprint density at radius 2 is 1.47 bits per heavy atom. The van der Waals surface area contributed by atoms with E-state index < -0.39 is 0 Å². The van der Waals surface area contributed by atoms with E-state index in [1.165, 1.54) is 50.5 Å². The number of benzene rings is 1. The van der Waals surface area contributed by atoms with Crippen molar-refractivity contribution in [3.05, 3.63) is 28.8 Å². The maximum atomic E-state index is 5.87. The van der Waals surface area contributed by atoms with Crippen molar-refractivity contribution in [3.63, 3.8) is 0 Å². The maximum Gasteiger partial charge on any atom is 0.0640 e. The van der Waals surface area contributed by atoms with Crippen molar-refractivity contribution in [1.82, 2.24) is 0 Å². The predicted octanol–water partition coefficient (Wildman–Crippen LogP) is 6.45. The molecular weight excluding hydrogens is 254 g/mol. The Bertz CT molecular complexity index is 317. The summed E-state index contributed by atoms with van der Waals surface area (Å²) in [5.41, 5.74) is 2.16. The highest BCUT2D eigenvalue weighted by molar-refractivity contribution is 6.33. The molecule has 0 atom stereocenters. The van der Waals surface area contributed by atoms with Gasteiger partial charge in [-0.2, -0.15) is 0 Å². The van der Waals surface area contributed by atoms with Gasteiger partial charge in [0, 0.05) is 7.05 Å². The van der Waals surface area contributed by atoms with Gasteiger partial charge < -0.3 is 5.32 Å². The van der Waals surface area contributed by atoms with Gasteiger partial charge in [-0.25, -0.2) is 0 Å². The standard InChI is InChI=1S/C9H20.C8H10ClN/c1-3-5-7-9-8-6-4-2;1-6-3-4-8(10-2)7(9)5-6/h3-9H2,1-2H3;3-5,10H,1-2H3. The summed E-state index contributed by atoms with van der Waals surface area (Å²) >= 11 is 5.87. The molecule has 1 rings (SSSR count).